The molecule has 2 heterocycles. The van der Waals surface area contributed by atoms with Crippen molar-refractivity contribution in [2.24, 2.45) is 17.3 Å². The SMILES string of the molecule is CC.CC1(C)CCN(C[C@H]2COC3=CC4CC4C=C3O2)CC1. The van der Waals surface area contributed by atoms with Crippen LogP contribution in [0.15, 0.2) is 23.7 Å². The van der Waals surface area contributed by atoms with E-state index in [1.165, 1.54) is 32.4 Å². The van der Waals surface area contributed by atoms with Crippen LogP contribution < -0.4 is 0 Å². The average Bonchev–Trinajstić information content (AvgIpc) is 3.27. The molecule has 3 heteroatoms. The van der Waals surface area contributed by atoms with E-state index in [-0.39, 0.29) is 6.10 Å². The summed E-state index contributed by atoms with van der Waals surface area (Å²) < 4.78 is 12.1. The lowest BCUT2D eigenvalue weighted by molar-refractivity contribution is -0.0326. The Morgan fingerprint density at radius 1 is 1.09 bits per heavy atom. The van der Waals surface area contributed by atoms with Crippen molar-refractivity contribution in [2.45, 2.75) is 53.1 Å². The van der Waals surface area contributed by atoms with Gasteiger partial charge in [-0.1, -0.05) is 27.7 Å². The summed E-state index contributed by atoms with van der Waals surface area (Å²) in [4.78, 5) is 2.54. The van der Waals surface area contributed by atoms with Gasteiger partial charge >= 0.3 is 0 Å². The van der Waals surface area contributed by atoms with Gasteiger partial charge in [0.2, 0.25) is 0 Å². The van der Waals surface area contributed by atoms with Gasteiger partial charge in [-0.15, -0.1) is 0 Å². The topological polar surface area (TPSA) is 21.7 Å². The zero-order valence-corrected chi connectivity index (χ0v) is 14.6. The quantitative estimate of drug-likeness (QED) is 0.770. The van der Waals surface area contributed by atoms with Gasteiger partial charge in [-0.2, -0.15) is 0 Å². The van der Waals surface area contributed by atoms with Crippen LogP contribution in [0.3, 0.4) is 0 Å². The van der Waals surface area contributed by atoms with E-state index >= 15 is 0 Å². The molecule has 3 nitrogen and oxygen atoms in total. The van der Waals surface area contributed by atoms with Crippen molar-refractivity contribution < 1.29 is 9.47 Å². The van der Waals surface area contributed by atoms with Crippen LogP contribution in [0.1, 0.15) is 47.0 Å². The first kappa shape index (κ1) is 15.9. The van der Waals surface area contributed by atoms with Gasteiger partial charge in [0.1, 0.15) is 12.7 Å². The lowest BCUT2D eigenvalue weighted by atomic mass is 9.82. The molecule has 22 heavy (non-hydrogen) atoms. The lowest BCUT2D eigenvalue weighted by Gasteiger charge is -2.39. The van der Waals surface area contributed by atoms with Gasteiger partial charge in [-0.05, 0) is 61.8 Å². The number of nitrogens with zero attached hydrogens (tertiary/aromatic N) is 1. The van der Waals surface area contributed by atoms with E-state index < -0.39 is 0 Å². The standard InChI is InChI=1S/C17H25NO2.C2H6/c1-17(2)3-5-18(6-4-17)10-14-11-19-15-8-12-7-13(12)9-16(15)20-14;1-2/h8-9,12-14H,3-7,10-11H2,1-2H3;1-2H3/t12?,13?,14-;/m0./s1. The van der Waals surface area contributed by atoms with E-state index in [4.69, 9.17) is 9.47 Å². The molecule has 1 saturated carbocycles. The van der Waals surface area contributed by atoms with Crippen LogP contribution in [0.2, 0.25) is 0 Å². The molecule has 4 aliphatic rings. The number of ether oxygens (including phenoxy) is 2. The molecule has 0 aromatic carbocycles. The van der Waals surface area contributed by atoms with Crippen LogP contribution in [0.5, 0.6) is 0 Å². The van der Waals surface area contributed by atoms with E-state index in [0.29, 0.717) is 12.0 Å². The molecule has 0 bridgehead atoms. The number of likely N-dealkylation sites (tertiary alicyclic amines) is 1. The van der Waals surface area contributed by atoms with Gasteiger partial charge in [0.15, 0.2) is 11.5 Å². The molecule has 0 radical (unpaired) electrons. The Kier molecular flexibility index (Phi) is 4.54. The summed E-state index contributed by atoms with van der Waals surface area (Å²) in [5.41, 5.74) is 0.517. The number of hydrogen-bond donors (Lipinski definition) is 0. The van der Waals surface area contributed by atoms with E-state index in [1.54, 1.807) is 0 Å². The van der Waals surface area contributed by atoms with Crippen LogP contribution in [-0.2, 0) is 9.47 Å². The van der Waals surface area contributed by atoms with Crippen molar-refractivity contribution in [1.29, 1.82) is 0 Å². The van der Waals surface area contributed by atoms with Gasteiger partial charge in [0.05, 0.1) is 0 Å². The highest BCUT2D eigenvalue weighted by molar-refractivity contribution is 5.33. The monoisotopic (exact) mass is 305 g/mol. The second-order valence-corrected chi connectivity index (χ2v) is 7.64. The fraction of sp³-hybridized carbons (Fsp3) is 0.789. The summed E-state index contributed by atoms with van der Waals surface area (Å²) in [7, 11) is 0. The highest BCUT2D eigenvalue weighted by Gasteiger charge is 2.41. The molecule has 124 valence electrons. The summed E-state index contributed by atoms with van der Waals surface area (Å²) in [5, 5.41) is 0. The summed E-state index contributed by atoms with van der Waals surface area (Å²) in [6, 6.07) is 0. The van der Waals surface area contributed by atoms with Crippen LogP contribution >= 0.6 is 0 Å². The molecule has 0 amide bonds. The summed E-state index contributed by atoms with van der Waals surface area (Å²) >= 11 is 0. The third kappa shape index (κ3) is 3.51. The fourth-order valence-corrected chi connectivity index (χ4v) is 3.50. The third-order valence-electron chi connectivity index (χ3n) is 5.25. The fourth-order valence-electron chi connectivity index (χ4n) is 3.50. The minimum absolute atomic E-state index is 0.204. The van der Waals surface area contributed by atoms with Gasteiger partial charge in [-0.3, -0.25) is 4.90 Å². The summed E-state index contributed by atoms with van der Waals surface area (Å²) in [6.07, 6.45) is 8.61. The molecule has 2 aliphatic heterocycles. The average molecular weight is 305 g/mol. The van der Waals surface area contributed by atoms with Crippen molar-refractivity contribution in [3.8, 4) is 0 Å². The van der Waals surface area contributed by atoms with E-state index in [2.05, 4.69) is 30.9 Å². The Morgan fingerprint density at radius 3 is 2.41 bits per heavy atom. The van der Waals surface area contributed by atoms with Crippen molar-refractivity contribution in [3.63, 3.8) is 0 Å². The maximum Gasteiger partial charge on any atom is 0.157 e. The predicted molar refractivity (Wildman–Crippen MR) is 89.4 cm³/mol. The first-order valence-electron chi connectivity index (χ1n) is 9.05. The largest absolute Gasteiger partial charge is 0.486 e. The van der Waals surface area contributed by atoms with Crippen LogP contribution in [0, 0.1) is 17.3 Å². The molecule has 0 N–H and O–H groups in total. The molecule has 2 aliphatic carbocycles. The van der Waals surface area contributed by atoms with Crippen molar-refractivity contribution >= 4 is 0 Å². The van der Waals surface area contributed by atoms with E-state index in [1.807, 2.05) is 13.8 Å². The molecular weight excluding hydrogens is 274 g/mol. The molecule has 4 rings (SSSR count). The van der Waals surface area contributed by atoms with Gasteiger partial charge in [0, 0.05) is 6.54 Å². The number of rotatable bonds is 2. The smallest absolute Gasteiger partial charge is 0.157 e. The van der Waals surface area contributed by atoms with Gasteiger partial charge < -0.3 is 9.47 Å². The minimum Gasteiger partial charge on any atom is -0.486 e. The molecule has 3 fully saturated rings. The molecule has 3 atom stereocenters. The van der Waals surface area contributed by atoms with Gasteiger partial charge in [0.25, 0.3) is 0 Å². The molecule has 0 aromatic rings. The van der Waals surface area contributed by atoms with Crippen LogP contribution in [0.25, 0.3) is 0 Å². The second kappa shape index (κ2) is 6.27. The number of hydrogen-bond acceptors (Lipinski definition) is 3. The maximum atomic E-state index is 6.17. The van der Waals surface area contributed by atoms with Crippen LogP contribution in [0.4, 0.5) is 0 Å². The Morgan fingerprint density at radius 2 is 1.73 bits per heavy atom. The van der Waals surface area contributed by atoms with Crippen LogP contribution in [-0.4, -0.2) is 37.2 Å². The van der Waals surface area contributed by atoms with Gasteiger partial charge in [-0.25, -0.2) is 0 Å². The maximum absolute atomic E-state index is 6.17. The lowest BCUT2D eigenvalue weighted by Crippen LogP contribution is -2.44. The van der Waals surface area contributed by atoms with Crippen molar-refractivity contribution in [2.75, 3.05) is 26.2 Å². The summed E-state index contributed by atoms with van der Waals surface area (Å²) in [5.74, 6) is 3.47. The van der Waals surface area contributed by atoms with Crippen molar-refractivity contribution in [3.05, 3.63) is 23.7 Å². The molecule has 0 spiro atoms. The normalized spacial score (nSPS) is 35.4. The molecule has 2 unspecified atom stereocenters. The molecule has 0 aromatic heterocycles. The highest BCUT2D eigenvalue weighted by Crippen LogP contribution is 2.47. The first-order valence-corrected chi connectivity index (χ1v) is 9.05. The Balaban J connectivity index is 0.000000693. The molecule has 2 saturated heterocycles. The Labute approximate surface area is 135 Å². The predicted octanol–water partition coefficient (Wildman–Crippen LogP) is 3.97. The zero-order chi connectivity index (χ0) is 15.7. The van der Waals surface area contributed by atoms with E-state index in [0.717, 1.165) is 29.9 Å². The molecular formula is C19H31NO2. The third-order valence-corrected chi connectivity index (χ3v) is 5.25. The number of allylic oxidation sites excluding steroid dienone is 2. The number of piperidine rings is 1. The van der Waals surface area contributed by atoms with Crippen molar-refractivity contribution in [1.82, 2.24) is 4.90 Å². The summed E-state index contributed by atoms with van der Waals surface area (Å²) in [6.45, 7) is 12.9. The van der Waals surface area contributed by atoms with E-state index in [9.17, 15) is 0 Å². The highest BCUT2D eigenvalue weighted by atomic mass is 16.6. The first-order chi connectivity index (χ1) is 10.6. The number of fused-ring (bicyclic) bond motifs is 2. The Hall–Kier alpha value is -0.960. The zero-order valence-electron chi connectivity index (χ0n) is 14.6. The Bertz CT molecular complexity index is 456. The minimum atomic E-state index is 0.204. The second-order valence-electron chi connectivity index (χ2n) is 7.64.